The summed E-state index contributed by atoms with van der Waals surface area (Å²) in [7, 11) is 0. The van der Waals surface area contributed by atoms with Gasteiger partial charge < -0.3 is 9.73 Å². The molecule has 5 nitrogen and oxygen atoms in total. The Morgan fingerprint density at radius 2 is 1.92 bits per heavy atom. The third-order valence-corrected chi connectivity index (χ3v) is 4.14. The number of nitrogens with one attached hydrogen (secondary N) is 1. The number of hydrogen-bond acceptors (Lipinski definition) is 5. The molecule has 2 aromatic carbocycles. The number of benzene rings is 2. The Kier molecular flexibility index (Phi) is 5.30. The third kappa shape index (κ3) is 4.55. The summed E-state index contributed by atoms with van der Waals surface area (Å²) in [6, 6.07) is 9.49. The topological polar surface area (TPSA) is 68.0 Å². The van der Waals surface area contributed by atoms with Gasteiger partial charge in [-0.3, -0.25) is 4.79 Å². The number of amides is 1. The second-order valence-corrected chi connectivity index (χ2v) is 6.18. The van der Waals surface area contributed by atoms with Crippen molar-refractivity contribution in [2.24, 2.45) is 0 Å². The summed E-state index contributed by atoms with van der Waals surface area (Å²) in [5.74, 6) is -1.02. The van der Waals surface area contributed by atoms with Crippen molar-refractivity contribution in [2.75, 3.05) is 11.1 Å². The van der Waals surface area contributed by atoms with E-state index >= 15 is 0 Å². The summed E-state index contributed by atoms with van der Waals surface area (Å²) in [5, 5.41) is 10.4. The van der Waals surface area contributed by atoms with Crippen LogP contribution in [0, 0.1) is 11.6 Å². The maximum Gasteiger partial charge on any atom is 0.277 e. The molecular formula is C16H10ClF2N3O2S. The minimum absolute atomic E-state index is 0.0139. The van der Waals surface area contributed by atoms with Crippen molar-refractivity contribution >= 4 is 35.0 Å². The second-order valence-electron chi connectivity index (χ2n) is 4.85. The monoisotopic (exact) mass is 381 g/mol. The van der Waals surface area contributed by atoms with Gasteiger partial charge in [-0.15, -0.1) is 10.2 Å². The molecule has 3 rings (SSSR count). The fourth-order valence-corrected chi connectivity index (χ4v) is 2.62. The summed E-state index contributed by atoms with van der Waals surface area (Å²) in [5.41, 5.74) is 0.959. The van der Waals surface area contributed by atoms with E-state index in [1.807, 2.05) is 0 Å². The lowest BCUT2D eigenvalue weighted by Crippen LogP contribution is -2.14. The molecule has 0 unspecified atom stereocenters. The van der Waals surface area contributed by atoms with Gasteiger partial charge in [-0.05, 0) is 42.5 Å². The van der Waals surface area contributed by atoms with Gasteiger partial charge in [0.2, 0.25) is 11.8 Å². The highest BCUT2D eigenvalue weighted by Gasteiger charge is 2.12. The Morgan fingerprint density at radius 1 is 1.16 bits per heavy atom. The zero-order valence-electron chi connectivity index (χ0n) is 12.5. The maximum absolute atomic E-state index is 13.1. The first-order valence-electron chi connectivity index (χ1n) is 6.98. The second kappa shape index (κ2) is 7.62. The van der Waals surface area contributed by atoms with E-state index in [-0.39, 0.29) is 33.6 Å². The van der Waals surface area contributed by atoms with Gasteiger partial charge in [-0.2, -0.15) is 0 Å². The molecule has 1 aromatic heterocycles. The molecule has 128 valence electrons. The van der Waals surface area contributed by atoms with Crippen LogP contribution in [-0.2, 0) is 4.79 Å². The van der Waals surface area contributed by atoms with Crippen molar-refractivity contribution in [1.82, 2.24) is 10.2 Å². The molecule has 1 amide bonds. The van der Waals surface area contributed by atoms with E-state index in [1.54, 1.807) is 0 Å². The molecular weight excluding hydrogens is 372 g/mol. The number of hydrogen-bond donors (Lipinski definition) is 1. The Hall–Kier alpha value is -2.45. The summed E-state index contributed by atoms with van der Waals surface area (Å²) in [6.07, 6.45) is 0. The molecule has 0 saturated heterocycles. The first kappa shape index (κ1) is 17.4. The molecule has 1 N–H and O–H groups in total. The van der Waals surface area contributed by atoms with Crippen LogP contribution in [0.3, 0.4) is 0 Å². The first-order chi connectivity index (χ1) is 12.0. The third-order valence-electron chi connectivity index (χ3n) is 3.03. The normalized spacial score (nSPS) is 10.7. The molecule has 0 fully saturated rings. The lowest BCUT2D eigenvalue weighted by atomic mass is 10.2. The van der Waals surface area contributed by atoms with Gasteiger partial charge in [0.25, 0.3) is 5.22 Å². The van der Waals surface area contributed by atoms with Crippen LogP contribution >= 0.6 is 23.4 Å². The zero-order valence-corrected chi connectivity index (χ0v) is 14.1. The Bertz CT molecular complexity index is 903. The van der Waals surface area contributed by atoms with Gasteiger partial charge in [0.05, 0.1) is 10.8 Å². The number of nitrogens with zero attached hydrogens (tertiary/aromatic N) is 2. The number of aromatic nitrogens is 2. The van der Waals surface area contributed by atoms with Crippen LogP contribution in [0.1, 0.15) is 0 Å². The lowest BCUT2D eigenvalue weighted by Gasteiger charge is -2.04. The van der Waals surface area contributed by atoms with Crippen LogP contribution in [0.5, 0.6) is 0 Å². The quantitative estimate of drug-likeness (QED) is 0.663. The van der Waals surface area contributed by atoms with Crippen molar-refractivity contribution in [3.05, 3.63) is 59.1 Å². The van der Waals surface area contributed by atoms with Crippen molar-refractivity contribution < 1.29 is 18.0 Å². The van der Waals surface area contributed by atoms with E-state index in [9.17, 15) is 13.6 Å². The summed E-state index contributed by atoms with van der Waals surface area (Å²) >= 11 is 6.69. The SMILES string of the molecule is O=C(CSc1nnc(-c2ccc(F)cc2)o1)Nc1ccc(F)c(Cl)c1. The first-order valence-corrected chi connectivity index (χ1v) is 8.35. The molecule has 0 saturated carbocycles. The molecule has 0 spiro atoms. The molecule has 0 atom stereocenters. The number of carbonyl (C=O) groups excluding carboxylic acids is 1. The summed E-state index contributed by atoms with van der Waals surface area (Å²) in [4.78, 5) is 11.9. The number of thioether (sulfide) groups is 1. The lowest BCUT2D eigenvalue weighted by molar-refractivity contribution is -0.113. The molecule has 25 heavy (non-hydrogen) atoms. The molecule has 0 aliphatic carbocycles. The fraction of sp³-hybridized carbons (Fsp3) is 0.0625. The molecule has 0 aliphatic heterocycles. The van der Waals surface area contributed by atoms with Crippen LogP contribution in [0.2, 0.25) is 5.02 Å². The fourth-order valence-electron chi connectivity index (χ4n) is 1.88. The highest BCUT2D eigenvalue weighted by Crippen LogP contribution is 2.24. The Labute approximate surface area is 150 Å². The molecule has 0 bridgehead atoms. The highest BCUT2D eigenvalue weighted by atomic mass is 35.5. The summed E-state index contributed by atoms with van der Waals surface area (Å²) in [6.45, 7) is 0. The van der Waals surface area contributed by atoms with Crippen LogP contribution in [-0.4, -0.2) is 21.9 Å². The standard InChI is InChI=1S/C16H10ClF2N3O2S/c17-12-7-11(5-6-13(12)19)20-14(23)8-25-16-22-21-15(24-16)9-1-3-10(18)4-2-9/h1-7H,8H2,(H,20,23). The number of halogens is 3. The Balaban J connectivity index is 1.57. The number of carbonyl (C=O) groups is 1. The minimum atomic E-state index is -0.562. The van der Waals surface area contributed by atoms with Crippen LogP contribution in [0.4, 0.5) is 14.5 Å². The maximum atomic E-state index is 13.1. The molecule has 0 radical (unpaired) electrons. The molecule has 1 heterocycles. The van der Waals surface area contributed by atoms with Crippen LogP contribution in [0.25, 0.3) is 11.5 Å². The number of rotatable bonds is 5. The predicted octanol–water partition coefficient (Wildman–Crippen LogP) is 4.40. The van der Waals surface area contributed by atoms with Gasteiger partial charge in [0.1, 0.15) is 11.6 Å². The van der Waals surface area contributed by atoms with Gasteiger partial charge in [-0.1, -0.05) is 23.4 Å². The average molecular weight is 382 g/mol. The molecule has 0 aliphatic rings. The van der Waals surface area contributed by atoms with Gasteiger partial charge in [0, 0.05) is 11.3 Å². The van der Waals surface area contributed by atoms with Crippen molar-refractivity contribution in [1.29, 1.82) is 0 Å². The van der Waals surface area contributed by atoms with E-state index in [4.69, 9.17) is 16.0 Å². The van der Waals surface area contributed by atoms with Gasteiger partial charge in [0.15, 0.2) is 0 Å². The van der Waals surface area contributed by atoms with E-state index in [0.29, 0.717) is 11.3 Å². The molecule has 9 heteroatoms. The van der Waals surface area contributed by atoms with Crippen molar-refractivity contribution in [3.63, 3.8) is 0 Å². The highest BCUT2D eigenvalue weighted by molar-refractivity contribution is 7.99. The van der Waals surface area contributed by atoms with E-state index in [1.165, 1.54) is 36.4 Å². The van der Waals surface area contributed by atoms with Crippen LogP contribution in [0.15, 0.2) is 52.1 Å². The van der Waals surface area contributed by atoms with Crippen molar-refractivity contribution in [2.45, 2.75) is 5.22 Å². The van der Waals surface area contributed by atoms with Crippen LogP contribution < -0.4 is 5.32 Å². The Morgan fingerprint density at radius 3 is 2.64 bits per heavy atom. The van der Waals surface area contributed by atoms with Gasteiger partial charge >= 0.3 is 0 Å². The average Bonchev–Trinajstić information content (AvgIpc) is 3.06. The number of anilines is 1. The van der Waals surface area contributed by atoms with E-state index in [2.05, 4.69) is 15.5 Å². The zero-order chi connectivity index (χ0) is 17.8. The summed E-state index contributed by atoms with van der Waals surface area (Å²) < 4.78 is 31.4. The predicted molar refractivity (Wildman–Crippen MR) is 90.5 cm³/mol. The van der Waals surface area contributed by atoms with E-state index in [0.717, 1.165) is 17.8 Å². The van der Waals surface area contributed by atoms with E-state index < -0.39 is 5.82 Å². The minimum Gasteiger partial charge on any atom is -0.411 e. The van der Waals surface area contributed by atoms with Gasteiger partial charge in [-0.25, -0.2) is 8.78 Å². The molecule has 3 aromatic rings. The largest absolute Gasteiger partial charge is 0.411 e. The smallest absolute Gasteiger partial charge is 0.277 e. The van der Waals surface area contributed by atoms with Crippen molar-refractivity contribution in [3.8, 4) is 11.5 Å².